The van der Waals surface area contributed by atoms with E-state index in [-0.39, 0.29) is 21.1 Å². The Hall–Kier alpha value is -1.00. The predicted octanol–water partition coefficient (Wildman–Crippen LogP) is 1.94. The fourth-order valence-corrected chi connectivity index (χ4v) is 1.71. The molecule has 0 saturated carbocycles. The second kappa shape index (κ2) is 4.47. The SMILES string of the molecule is Brc1ccc2ncc(-c3n[c-]on3)n2c1.[W+2]. The van der Waals surface area contributed by atoms with E-state index in [9.17, 15) is 0 Å². The van der Waals surface area contributed by atoms with Crippen molar-refractivity contribution < 1.29 is 25.6 Å². The molecule has 3 heterocycles. The molecular formula is C9H4BrN4OW+. The van der Waals surface area contributed by atoms with Crippen LogP contribution in [0, 0.1) is 6.39 Å². The number of imidazole rings is 1. The minimum Gasteiger partial charge on any atom is -0.458 e. The molecule has 16 heavy (non-hydrogen) atoms. The molecule has 78 valence electrons. The van der Waals surface area contributed by atoms with Crippen LogP contribution in [0.4, 0.5) is 0 Å². The molecular weight excluding hydrogens is 444 g/mol. The standard InChI is InChI=1S/C9H4BrN4O.W/c10-6-1-2-8-11-3-7(14(8)4-6)9-12-5-15-13-9;/h1-4H;/q-1;+2. The van der Waals surface area contributed by atoms with E-state index in [1.165, 1.54) is 0 Å². The molecule has 0 saturated heterocycles. The zero-order valence-corrected chi connectivity index (χ0v) is 12.3. The molecule has 0 atom stereocenters. The first-order valence-corrected chi connectivity index (χ1v) is 4.96. The van der Waals surface area contributed by atoms with Crippen molar-refractivity contribution in [3.05, 3.63) is 35.4 Å². The summed E-state index contributed by atoms with van der Waals surface area (Å²) in [6.45, 7) is 0. The summed E-state index contributed by atoms with van der Waals surface area (Å²) in [5.74, 6) is 0.473. The molecule has 7 heteroatoms. The third-order valence-corrected chi connectivity index (χ3v) is 2.49. The summed E-state index contributed by atoms with van der Waals surface area (Å²) < 4.78 is 7.42. The molecule has 3 rings (SSSR count). The molecule has 0 amide bonds. The Kier molecular flexibility index (Phi) is 3.21. The van der Waals surface area contributed by atoms with E-state index < -0.39 is 0 Å². The van der Waals surface area contributed by atoms with Crippen molar-refractivity contribution in [2.45, 2.75) is 0 Å². The molecule has 0 N–H and O–H groups in total. The summed E-state index contributed by atoms with van der Waals surface area (Å²) in [7, 11) is 0. The second-order valence-corrected chi connectivity index (χ2v) is 3.84. The van der Waals surface area contributed by atoms with Crippen LogP contribution in [0.2, 0.25) is 0 Å². The molecule has 0 aliphatic heterocycles. The Balaban J connectivity index is 0.000000963. The normalized spacial score (nSPS) is 10.3. The largest absolute Gasteiger partial charge is 2.00 e. The Morgan fingerprint density at radius 2 is 2.25 bits per heavy atom. The van der Waals surface area contributed by atoms with Crippen molar-refractivity contribution in [3.8, 4) is 11.5 Å². The third kappa shape index (κ3) is 1.83. The third-order valence-electron chi connectivity index (χ3n) is 2.02. The van der Waals surface area contributed by atoms with E-state index in [0.29, 0.717) is 5.82 Å². The summed E-state index contributed by atoms with van der Waals surface area (Å²) >= 11 is 3.39. The van der Waals surface area contributed by atoms with Gasteiger partial charge >= 0.3 is 21.1 Å². The van der Waals surface area contributed by atoms with E-state index in [1.807, 2.05) is 22.7 Å². The monoisotopic (exact) mass is 447 g/mol. The minimum absolute atomic E-state index is 0. The van der Waals surface area contributed by atoms with Gasteiger partial charge < -0.3 is 13.9 Å². The minimum atomic E-state index is 0. The van der Waals surface area contributed by atoms with Crippen LogP contribution in [0.5, 0.6) is 0 Å². The van der Waals surface area contributed by atoms with Gasteiger partial charge in [0.1, 0.15) is 5.65 Å². The van der Waals surface area contributed by atoms with Crippen LogP contribution in [-0.4, -0.2) is 19.5 Å². The van der Waals surface area contributed by atoms with E-state index >= 15 is 0 Å². The van der Waals surface area contributed by atoms with Crippen LogP contribution in [-0.2, 0) is 21.1 Å². The zero-order chi connectivity index (χ0) is 10.3. The maximum absolute atomic E-state index is 4.58. The Morgan fingerprint density at radius 3 is 3.00 bits per heavy atom. The maximum Gasteiger partial charge on any atom is 2.00 e. The fraction of sp³-hybridized carbons (Fsp3) is 0. The van der Waals surface area contributed by atoms with Gasteiger partial charge in [-0.15, -0.1) is 0 Å². The van der Waals surface area contributed by atoms with Crippen molar-refractivity contribution in [1.29, 1.82) is 0 Å². The van der Waals surface area contributed by atoms with Crippen molar-refractivity contribution in [2.24, 2.45) is 0 Å². The van der Waals surface area contributed by atoms with Crippen LogP contribution in [0.15, 0.2) is 33.5 Å². The predicted molar refractivity (Wildman–Crippen MR) is 55.0 cm³/mol. The second-order valence-electron chi connectivity index (χ2n) is 2.93. The molecule has 3 aromatic heterocycles. The maximum atomic E-state index is 4.58. The molecule has 0 aliphatic rings. The molecule has 0 bridgehead atoms. The Bertz CT molecular complexity index is 607. The number of nitrogens with zero attached hydrogens (tertiary/aromatic N) is 4. The van der Waals surface area contributed by atoms with Gasteiger partial charge in [-0.1, -0.05) is 0 Å². The number of rotatable bonds is 1. The summed E-state index contributed by atoms with van der Waals surface area (Å²) in [4.78, 5) is 8.08. The van der Waals surface area contributed by atoms with Gasteiger partial charge in [-0.25, -0.2) is 4.98 Å². The molecule has 0 spiro atoms. The first-order valence-electron chi connectivity index (χ1n) is 4.17. The first-order chi connectivity index (χ1) is 7.34. The van der Waals surface area contributed by atoms with Gasteiger partial charge in [0.15, 0.2) is 0 Å². The Labute approximate surface area is 113 Å². The van der Waals surface area contributed by atoms with Gasteiger partial charge in [-0.2, -0.15) is 5.16 Å². The fourth-order valence-electron chi connectivity index (χ4n) is 1.37. The number of pyridine rings is 1. The number of hydrogen-bond acceptors (Lipinski definition) is 4. The van der Waals surface area contributed by atoms with Crippen molar-refractivity contribution in [3.63, 3.8) is 0 Å². The van der Waals surface area contributed by atoms with E-state index in [1.54, 1.807) is 6.20 Å². The van der Waals surface area contributed by atoms with Gasteiger partial charge in [0, 0.05) is 22.6 Å². The molecule has 0 radical (unpaired) electrons. The van der Waals surface area contributed by atoms with E-state index in [2.05, 4.69) is 42.0 Å². The Morgan fingerprint density at radius 1 is 1.38 bits per heavy atom. The molecule has 0 unspecified atom stereocenters. The zero-order valence-electron chi connectivity index (χ0n) is 7.79. The van der Waals surface area contributed by atoms with E-state index in [4.69, 9.17) is 0 Å². The summed E-state index contributed by atoms with van der Waals surface area (Å²) in [6, 6.07) is 3.83. The number of fused-ring (bicyclic) bond motifs is 1. The first kappa shape index (κ1) is 11.5. The number of halogens is 1. The number of aromatic nitrogens is 4. The average molecular weight is 448 g/mol. The summed E-state index contributed by atoms with van der Waals surface area (Å²) in [6.07, 6.45) is 5.90. The summed E-state index contributed by atoms with van der Waals surface area (Å²) in [5.41, 5.74) is 1.61. The van der Waals surface area contributed by atoms with Crippen LogP contribution in [0.3, 0.4) is 0 Å². The van der Waals surface area contributed by atoms with Crippen molar-refractivity contribution >= 4 is 21.6 Å². The van der Waals surface area contributed by atoms with Gasteiger partial charge in [0.25, 0.3) is 0 Å². The van der Waals surface area contributed by atoms with Crippen LogP contribution in [0.1, 0.15) is 0 Å². The number of hydrogen-bond donors (Lipinski definition) is 0. The topological polar surface area (TPSA) is 56.2 Å². The van der Waals surface area contributed by atoms with Crippen LogP contribution < -0.4 is 0 Å². The van der Waals surface area contributed by atoms with Gasteiger partial charge in [0.05, 0.1) is 12.2 Å². The van der Waals surface area contributed by atoms with Crippen molar-refractivity contribution in [1.82, 2.24) is 19.5 Å². The smallest absolute Gasteiger partial charge is 0.458 e. The van der Waals surface area contributed by atoms with Gasteiger partial charge in [0.2, 0.25) is 0 Å². The molecule has 0 aliphatic carbocycles. The average Bonchev–Trinajstić information content (AvgIpc) is 2.83. The quantitative estimate of drug-likeness (QED) is 0.535. The van der Waals surface area contributed by atoms with Gasteiger partial charge in [-0.05, 0) is 28.1 Å². The molecule has 0 aromatic carbocycles. The van der Waals surface area contributed by atoms with Gasteiger partial charge in [-0.3, -0.25) is 0 Å². The molecule has 5 nitrogen and oxygen atoms in total. The van der Waals surface area contributed by atoms with E-state index in [0.717, 1.165) is 15.8 Å². The van der Waals surface area contributed by atoms with Crippen LogP contribution >= 0.6 is 15.9 Å². The van der Waals surface area contributed by atoms with Crippen molar-refractivity contribution in [2.75, 3.05) is 0 Å². The molecule has 3 aromatic rings. The summed E-state index contributed by atoms with van der Waals surface area (Å²) in [5, 5.41) is 3.72. The molecule has 0 fully saturated rings. The van der Waals surface area contributed by atoms with Crippen LogP contribution in [0.25, 0.3) is 17.2 Å².